The molecule has 2 atom stereocenters. The lowest BCUT2D eigenvalue weighted by Crippen LogP contribution is -2.39. The predicted molar refractivity (Wildman–Crippen MR) is 144 cm³/mol. The van der Waals surface area contributed by atoms with Crippen molar-refractivity contribution in [3.63, 3.8) is 0 Å². The summed E-state index contributed by atoms with van der Waals surface area (Å²) >= 11 is 0. The topological polar surface area (TPSA) is 101 Å². The number of rotatable bonds is 5. The smallest absolute Gasteiger partial charge is 0.306 e. The van der Waals surface area contributed by atoms with Crippen LogP contribution in [0, 0.1) is 31.4 Å². The van der Waals surface area contributed by atoms with Crippen LogP contribution in [0.3, 0.4) is 0 Å². The SMILES string of the molecule is Cc1noc(C)c1-c1ccn2c(C3=CCCC(C(=O)O)C3)c(C3CCCC(=O)N3c3ccc(F)c(F)c3)nc2c1. The molecule has 1 aromatic carbocycles. The molecular formula is C30H28F2N4O4. The third kappa shape index (κ3) is 4.37. The Hall–Kier alpha value is -4.34. The average Bonchev–Trinajstić information content (AvgIpc) is 3.48. The van der Waals surface area contributed by atoms with Gasteiger partial charge in [-0.1, -0.05) is 11.2 Å². The van der Waals surface area contributed by atoms with Crippen LogP contribution in [0.5, 0.6) is 0 Å². The van der Waals surface area contributed by atoms with Crippen molar-refractivity contribution >= 4 is 28.8 Å². The number of aliphatic carboxylic acids is 1. The van der Waals surface area contributed by atoms with Crippen molar-refractivity contribution in [2.24, 2.45) is 5.92 Å². The normalized spacial score (nSPS) is 19.8. The minimum atomic E-state index is -1.03. The number of aromatic nitrogens is 3. The monoisotopic (exact) mass is 546 g/mol. The van der Waals surface area contributed by atoms with Crippen LogP contribution >= 0.6 is 0 Å². The number of amides is 1. The molecule has 8 nitrogen and oxygen atoms in total. The largest absolute Gasteiger partial charge is 0.481 e. The molecule has 1 fully saturated rings. The minimum Gasteiger partial charge on any atom is -0.481 e. The van der Waals surface area contributed by atoms with E-state index in [4.69, 9.17) is 9.51 Å². The Morgan fingerprint density at radius 1 is 1.12 bits per heavy atom. The van der Waals surface area contributed by atoms with E-state index in [0.29, 0.717) is 49.2 Å². The third-order valence-corrected chi connectivity index (χ3v) is 7.95. The maximum atomic E-state index is 14.3. The molecule has 1 aliphatic heterocycles. The molecule has 1 aliphatic carbocycles. The fraction of sp³-hybridized carbons (Fsp3) is 0.333. The Balaban J connectivity index is 1.55. The first kappa shape index (κ1) is 25.9. The summed E-state index contributed by atoms with van der Waals surface area (Å²) in [6, 6.07) is 6.77. The van der Waals surface area contributed by atoms with Crippen LogP contribution in [-0.2, 0) is 9.59 Å². The van der Waals surface area contributed by atoms with Gasteiger partial charge in [-0.2, -0.15) is 0 Å². The molecule has 0 bridgehead atoms. The maximum Gasteiger partial charge on any atom is 0.306 e. The summed E-state index contributed by atoms with van der Waals surface area (Å²) in [5.41, 5.74) is 5.53. The molecule has 0 radical (unpaired) electrons. The minimum absolute atomic E-state index is 0.206. The van der Waals surface area contributed by atoms with E-state index in [1.54, 1.807) is 0 Å². The lowest BCUT2D eigenvalue weighted by molar-refractivity contribution is -0.141. The summed E-state index contributed by atoms with van der Waals surface area (Å²) in [5.74, 6) is -2.93. The molecule has 206 valence electrons. The van der Waals surface area contributed by atoms with Gasteiger partial charge in [0.05, 0.1) is 29.0 Å². The Labute approximate surface area is 228 Å². The van der Waals surface area contributed by atoms with Gasteiger partial charge in [-0.15, -0.1) is 0 Å². The molecule has 0 saturated carbocycles. The highest BCUT2D eigenvalue weighted by Gasteiger charge is 2.36. The van der Waals surface area contributed by atoms with Crippen molar-refractivity contribution in [2.75, 3.05) is 4.90 Å². The number of pyridine rings is 1. The number of benzene rings is 1. The van der Waals surface area contributed by atoms with E-state index < -0.39 is 29.6 Å². The fourth-order valence-electron chi connectivity index (χ4n) is 6.07. The number of carboxylic acid groups (broad SMARTS) is 1. The van der Waals surface area contributed by atoms with Crippen LogP contribution < -0.4 is 4.90 Å². The van der Waals surface area contributed by atoms with E-state index in [0.717, 1.165) is 40.2 Å². The summed E-state index contributed by atoms with van der Waals surface area (Å²) in [6.07, 6.45) is 6.86. The van der Waals surface area contributed by atoms with Gasteiger partial charge in [0.1, 0.15) is 11.4 Å². The fourth-order valence-corrected chi connectivity index (χ4v) is 6.07. The second-order valence-electron chi connectivity index (χ2n) is 10.5. The molecule has 4 aromatic rings. The van der Waals surface area contributed by atoms with Crippen molar-refractivity contribution in [3.05, 3.63) is 77.1 Å². The molecule has 1 saturated heterocycles. The number of hydrogen-bond donors (Lipinski definition) is 1. The van der Waals surface area contributed by atoms with Gasteiger partial charge in [0.2, 0.25) is 5.91 Å². The van der Waals surface area contributed by atoms with Crippen LogP contribution in [0.2, 0.25) is 0 Å². The number of hydrogen-bond acceptors (Lipinski definition) is 5. The van der Waals surface area contributed by atoms with Gasteiger partial charge in [-0.25, -0.2) is 13.8 Å². The van der Waals surface area contributed by atoms with Gasteiger partial charge in [0.25, 0.3) is 0 Å². The molecule has 40 heavy (non-hydrogen) atoms. The Morgan fingerprint density at radius 2 is 1.95 bits per heavy atom. The molecule has 10 heteroatoms. The number of halogens is 2. The first-order valence-electron chi connectivity index (χ1n) is 13.4. The van der Waals surface area contributed by atoms with Crippen LogP contribution in [-0.4, -0.2) is 31.5 Å². The van der Waals surface area contributed by atoms with Crippen molar-refractivity contribution < 1.29 is 28.0 Å². The van der Waals surface area contributed by atoms with Gasteiger partial charge >= 0.3 is 5.97 Å². The van der Waals surface area contributed by atoms with Gasteiger partial charge in [0.15, 0.2) is 11.6 Å². The van der Waals surface area contributed by atoms with E-state index in [9.17, 15) is 23.5 Å². The number of imidazole rings is 1. The number of carbonyl (C=O) groups is 2. The van der Waals surface area contributed by atoms with Crippen molar-refractivity contribution in [3.8, 4) is 11.1 Å². The second-order valence-corrected chi connectivity index (χ2v) is 10.5. The number of piperidine rings is 1. The highest BCUT2D eigenvalue weighted by Crippen LogP contribution is 2.42. The number of aryl methyl sites for hydroxylation is 2. The van der Waals surface area contributed by atoms with Gasteiger partial charge in [0, 0.05) is 29.9 Å². The number of allylic oxidation sites excluding steroid dienone is 2. The Morgan fingerprint density at radius 3 is 2.67 bits per heavy atom. The van der Waals surface area contributed by atoms with E-state index in [2.05, 4.69) is 5.16 Å². The summed E-state index contributed by atoms with van der Waals surface area (Å²) in [5, 5.41) is 13.8. The standard InChI is InChI=1S/C30H28F2N4O4/c1-16-27(17(2)40-34-16)18-11-12-35-25(14-18)33-28(29(35)19-5-3-6-20(13-19)30(38)39)24-7-4-8-26(37)36(24)21-9-10-22(31)23(32)15-21/h5,9-12,14-15,20,24H,3-4,6-8,13H2,1-2H3,(H,38,39). The number of nitrogens with zero attached hydrogens (tertiary/aromatic N) is 4. The molecule has 2 unspecified atom stereocenters. The highest BCUT2D eigenvalue weighted by atomic mass is 19.2. The number of fused-ring (bicyclic) bond motifs is 1. The van der Waals surface area contributed by atoms with Gasteiger partial charge in [-0.3, -0.25) is 14.0 Å². The molecule has 1 amide bonds. The van der Waals surface area contributed by atoms with Crippen LogP contribution in [0.4, 0.5) is 14.5 Å². The number of carboxylic acids is 1. The number of carbonyl (C=O) groups excluding carboxylic acids is 1. The molecule has 1 N–H and O–H groups in total. The van der Waals surface area contributed by atoms with Crippen LogP contribution in [0.25, 0.3) is 22.3 Å². The highest BCUT2D eigenvalue weighted by molar-refractivity contribution is 5.95. The van der Waals surface area contributed by atoms with Crippen LogP contribution in [0.1, 0.15) is 67.4 Å². The van der Waals surface area contributed by atoms with E-state index in [-0.39, 0.29) is 18.0 Å². The zero-order valence-electron chi connectivity index (χ0n) is 22.2. The van der Waals surface area contributed by atoms with Crippen molar-refractivity contribution in [2.45, 2.75) is 58.4 Å². The summed E-state index contributed by atoms with van der Waals surface area (Å²) in [4.78, 5) is 31.7. The lowest BCUT2D eigenvalue weighted by atomic mass is 9.85. The molecule has 4 heterocycles. The second kappa shape index (κ2) is 10.0. The van der Waals surface area contributed by atoms with Gasteiger partial charge in [-0.05, 0) is 81.4 Å². The Bertz CT molecular complexity index is 1670. The van der Waals surface area contributed by atoms with E-state index in [1.807, 2.05) is 42.7 Å². The lowest BCUT2D eigenvalue weighted by Gasteiger charge is -2.35. The van der Waals surface area contributed by atoms with Gasteiger partial charge < -0.3 is 14.5 Å². The van der Waals surface area contributed by atoms with Crippen LogP contribution in [0.15, 0.2) is 47.1 Å². The van der Waals surface area contributed by atoms with E-state index >= 15 is 0 Å². The first-order valence-corrected chi connectivity index (χ1v) is 13.4. The van der Waals surface area contributed by atoms with E-state index in [1.165, 1.54) is 11.0 Å². The zero-order valence-corrected chi connectivity index (χ0v) is 22.2. The number of anilines is 1. The van der Waals surface area contributed by atoms with Crippen molar-refractivity contribution in [1.29, 1.82) is 0 Å². The molecule has 6 rings (SSSR count). The third-order valence-electron chi connectivity index (χ3n) is 7.95. The van der Waals surface area contributed by atoms with Crippen molar-refractivity contribution in [1.82, 2.24) is 14.5 Å². The summed E-state index contributed by atoms with van der Waals surface area (Å²) in [6.45, 7) is 3.71. The summed E-state index contributed by atoms with van der Waals surface area (Å²) in [7, 11) is 0. The first-order chi connectivity index (χ1) is 19.2. The Kier molecular flexibility index (Phi) is 6.48. The average molecular weight is 547 g/mol. The zero-order chi connectivity index (χ0) is 28.1. The molecule has 3 aromatic heterocycles. The predicted octanol–water partition coefficient (Wildman–Crippen LogP) is 6.41. The molecular weight excluding hydrogens is 518 g/mol. The molecule has 0 spiro atoms. The quantitative estimate of drug-likeness (QED) is 0.310. The molecule has 2 aliphatic rings. The maximum absolute atomic E-state index is 14.3. The summed E-state index contributed by atoms with van der Waals surface area (Å²) < 4.78 is 35.4.